The zero-order valence-corrected chi connectivity index (χ0v) is 18.1. The second-order valence-electron chi connectivity index (χ2n) is 8.80. The fourth-order valence-electron chi connectivity index (χ4n) is 4.38. The van der Waals surface area contributed by atoms with Crippen molar-refractivity contribution in [2.75, 3.05) is 6.61 Å². The average Bonchev–Trinajstić information content (AvgIpc) is 3.54. The van der Waals surface area contributed by atoms with E-state index in [1.165, 1.54) is 25.0 Å². The van der Waals surface area contributed by atoms with Crippen LogP contribution in [0.15, 0.2) is 36.8 Å². The average molecular weight is 448 g/mol. The highest BCUT2D eigenvalue weighted by atomic mass is 19.1. The van der Waals surface area contributed by atoms with Gasteiger partial charge in [0.25, 0.3) is 0 Å². The maximum absolute atomic E-state index is 14.7. The number of nitrogens with zero attached hydrogens (tertiary/aromatic N) is 6. The Hall–Kier alpha value is -3.33. The summed E-state index contributed by atoms with van der Waals surface area (Å²) in [5.41, 5.74) is 3.05. The van der Waals surface area contributed by atoms with E-state index in [1.54, 1.807) is 6.20 Å². The van der Waals surface area contributed by atoms with Crippen molar-refractivity contribution >= 4 is 11.2 Å². The van der Waals surface area contributed by atoms with Crippen LogP contribution in [-0.2, 0) is 4.74 Å². The lowest BCUT2D eigenvalue weighted by atomic mass is 9.92. The van der Waals surface area contributed by atoms with E-state index in [9.17, 15) is 8.78 Å². The number of halogens is 2. The van der Waals surface area contributed by atoms with E-state index in [0.717, 1.165) is 18.1 Å². The molecular formula is C24H22F2N6O. The lowest BCUT2D eigenvalue weighted by molar-refractivity contribution is 0.00396. The van der Waals surface area contributed by atoms with Crippen LogP contribution in [0.4, 0.5) is 8.78 Å². The molecule has 2 aliphatic rings. The quantitative estimate of drug-likeness (QED) is 0.445. The Morgan fingerprint density at radius 1 is 1.06 bits per heavy atom. The number of benzene rings is 1. The van der Waals surface area contributed by atoms with Crippen LogP contribution < -0.4 is 0 Å². The van der Waals surface area contributed by atoms with Gasteiger partial charge in [-0.15, -0.1) is 0 Å². The molecule has 0 bridgehead atoms. The molecule has 1 aromatic carbocycles. The fourth-order valence-corrected chi connectivity index (χ4v) is 4.38. The smallest absolute Gasteiger partial charge is 0.182 e. The number of hydrogen-bond donors (Lipinski definition) is 0. The molecule has 1 aliphatic heterocycles. The predicted octanol–water partition coefficient (Wildman–Crippen LogP) is 4.84. The van der Waals surface area contributed by atoms with Crippen LogP contribution in [0.5, 0.6) is 0 Å². The first-order valence-corrected chi connectivity index (χ1v) is 11.2. The van der Waals surface area contributed by atoms with Crippen molar-refractivity contribution in [3.63, 3.8) is 0 Å². The molecule has 0 N–H and O–H groups in total. The third-order valence-corrected chi connectivity index (χ3v) is 6.30. The number of aromatic nitrogens is 6. The molecule has 33 heavy (non-hydrogen) atoms. The summed E-state index contributed by atoms with van der Waals surface area (Å²) < 4.78 is 36.3. The summed E-state index contributed by atoms with van der Waals surface area (Å²) >= 11 is 0. The molecule has 4 aromatic rings. The highest BCUT2D eigenvalue weighted by Crippen LogP contribution is 2.39. The van der Waals surface area contributed by atoms with E-state index < -0.39 is 11.6 Å². The van der Waals surface area contributed by atoms with Gasteiger partial charge in [0, 0.05) is 42.1 Å². The minimum Gasteiger partial charge on any atom is -0.373 e. The zero-order chi connectivity index (χ0) is 22.5. The van der Waals surface area contributed by atoms with Crippen molar-refractivity contribution in [2.45, 2.75) is 50.7 Å². The first-order valence-electron chi connectivity index (χ1n) is 11.2. The monoisotopic (exact) mass is 448 g/mol. The van der Waals surface area contributed by atoms with Crippen LogP contribution >= 0.6 is 0 Å². The van der Waals surface area contributed by atoms with Gasteiger partial charge in [0.2, 0.25) is 0 Å². The molecular weight excluding hydrogens is 426 g/mol. The molecule has 1 saturated carbocycles. The molecule has 6 rings (SSSR count). The Balaban J connectivity index is 1.39. The van der Waals surface area contributed by atoms with Crippen LogP contribution in [0.3, 0.4) is 0 Å². The van der Waals surface area contributed by atoms with Gasteiger partial charge in [-0.25, -0.2) is 28.7 Å². The van der Waals surface area contributed by atoms with E-state index in [4.69, 9.17) is 14.7 Å². The second kappa shape index (κ2) is 7.91. The van der Waals surface area contributed by atoms with Gasteiger partial charge in [-0.3, -0.25) is 4.68 Å². The molecule has 3 aromatic heterocycles. The van der Waals surface area contributed by atoms with Gasteiger partial charge in [-0.05, 0) is 44.7 Å². The second-order valence-corrected chi connectivity index (χ2v) is 8.80. The lowest BCUT2D eigenvalue weighted by Crippen LogP contribution is -2.20. The Morgan fingerprint density at radius 2 is 1.94 bits per heavy atom. The summed E-state index contributed by atoms with van der Waals surface area (Å²) in [6.45, 7) is 2.39. The Labute approximate surface area is 188 Å². The van der Waals surface area contributed by atoms with Crippen LogP contribution in [-0.4, -0.2) is 36.3 Å². The number of hydrogen-bond acceptors (Lipinski definition) is 6. The molecule has 9 heteroatoms. The number of fused-ring (bicyclic) bond motifs is 1. The van der Waals surface area contributed by atoms with Gasteiger partial charge in [-0.1, -0.05) is 0 Å². The summed E-state index contributed by atoms with van der Waals surface area (Å²) in [6, 6.07) is 3.97. The standard InChI is InChI=1S/C24H22F2N6O/c1-13-10-27-22-21(18-5-2-16(25)9-19(18)26)30-23(31-24(22)29-13)14-6-7-33-20(8-14)15-11-28-32(12-15)17-3-4-17/h2,5,9-12,14,17,20H,3-4,6-8H2,1H3/t14?,20-/m1/s1. The largest absolute Gasteiger partial charge is 0.373 e. The molecule has 0 spiro atoms. The predicted molar refractivity (Wildman–Crippen MR) is 116 cm³/mol. The molecule has 7 nitrogen and oxygen atoms in total. The summed E-state index contributed by atoms with van der Waals surface area (Å²) in [5, 5.41) is 4.49. The van der Waals surface area contributed by atoms with Gasteiger partial charge in [-0.2, -0.15) is 5.10 Å². The van der Waals surface area contributed by atoms with E-state index in [0.29, 0.717) is 47.4 Å². The van der Waals surface area contributed by atoms with Crippen molar-refractivity contribution in [1.29, 1.82) is 0 Å². The van der Waals surface area contributed by atoms with Crippen molar-refractivity contribution in [3.05, 3.63) is 65.5 Å². The molecule has 0 radical (unpaired) electrons. The SMILES string of the molecule is Cc1cnc2c(-c3ccc(F)cc3F)nc(C3CCO[C@@H](c4cnn(C5CC5)c4)C3)nc2n1. The summed E-state index contributed by atoms with van der Waals surface area (Å²) in [6.07, 6.45) is 9.20. The summed E-state index contributed by atoms with van der Waals surface area (Å²) in [7, 11) is 0. The van der Waals surface area contributed by atoms with Crippen LogP contribution in [0, 0.1) is 18.6 Å². The Morgan fingerprint density at radius 3 is 2.76 bits per heavy atom. The Bertz CT molecular complexity index is 1350. The fraction of sp³-hybridized carbons (Fsp3) is 0.375. The first kappa shape index (κ1) is 20.3. The molecule has 4 heterocycles. The third-order valence-electron chi connectivity index (χ3n) is 6.30. The molecule has 2 fully saturated rings. The maximum Gasteiger partial charge on any atom is 0.182 e. The summed E-state index contributed by atoms with van der Waals surface area (Å²) in [4.78, 5) is 18.4. The summed E-state index contributed by atoms with van der Waals surface area (Å²) in [5.74, 6) is -0.762. The first-order chi connectivity index (χ1) is 16.0. The van der Waals surface area contributed by atoms with Crippen molar-refractivity contribution in [3.8, 4) is 11.3 Å². The van der Waals surface area contributed by atoms with Gasteiger partial charge in [0.1, 0.15) is 28.7 Å². The van der Waals surface area contributed by atoms with Gasteiger partial charge < -0.3 is 4.74 Å². The molecule has 1 unspecified atom stereocenters. The molecule has 1 aliphatic carbocycles. The number of rotatable bonds is 4. The highest BCUT2D eigenvalue weighted by Gasteiger charge is 2.31. The maximum atomic E-state index is 14.7. The van der Waals surface area contributed by atoms with Crippen LogP contribution in [0.2, 0.25) is 0 Å². The topological polar surface area (TPSA) is 78.6 Å². The van der Waals surface area contributed by atoms with Crippen LogP contribution in [0.25, 0.3) is 22.4 Å². The van der Waals surface area contributed by atoms with E-state index in [2.05, 4.69) is 21.3 Å². The van der Waals surface area contributed by atoms with Crippen LogP contribution in [0.1, 0.15) is 60.8 Å². The van der Waals surface area contributed by atoms with E-state index in [1.807, 2.05) is 17.8 Å². The van der Waals surface area contributed by atoms with Crippen molar-refractivity contribution in [1.82, 2.24) is 29.7 Å². The molecule has 0 amide bonds. The molecule has 2 atom stereocenters. The normalized spacial score (nSPS) is 20.9. The number of ether oxygens (including phenoxy) is 1. The van der Waals surface area contributed by atoms with Crippen molar-refractivity contribution in [2.24, 2.45) is 0 Å². The van der Waals surface area contributed by atoms with Gasteiger partial charge in [0.15, 0.2) is 5.65 Å². The van der Waals surface area contributed by atoms with Gasteiger partial charge in [0.05, 0.1) is 24.0 Å². The van der Waals surface area contributed by atoms with Crippen molar-refractivity contribution < 1.29 is 13.5 Å². The molecule has 168 valence electrons. The zero-order valence-electron chi connectivity index (χ0n) is 18.1. The molecule has 1 saturated heterocycles. The third kappa shape index (κ3) is 3.86. The Kier molecular flexibility index (Phi) is 4.86. The lowest BCUT2D eigenvalue weighted by Gasteiger charge is -2.28. The van der Waals surface area contributed by atoms with E-state index in [-0.39, 0.29) is 17.6 Å². The van der Waals surface area contributed by atoms with Gasteiger partial charge >= 0.3 is 0 Å². The number of aryl methyl sites for hydroxylation is 1. The minimum atomic E-state index is -0.694. The van der Waals surface area contributed by atoms with E-state index >= 15 is 0 Å². The highest BCUT2D eigenvalue weighted by molar-refractivity contribution is 5.86. The minimum absolute atomic E-state index is 0.00185.